The number of nitrogens with one attached hydrogen (secondary N) is 1. The van der Waals surface area contributed by atoms with Crippen LogP contribution < -0.4 is 10.2 Å². The third kappa shape index (κ3) is 5.25. The first kappa shape index (κ1) is 23.2. The lowest BCUT2D eigenvalue weighted by Crippen LogP contribution is -2.26. The number of aryl methyl sites for hydroxylation is 1. The number of hydrogen-bond acceptors (Lipinski definition) is 6. The number of carbonyl (C=O) groups excluding carboxylic acids is 1. The summed E-state index contributed by atoms with van der Waals surface area (Å²) in [5.74, 6) is 0.753. The van der Waals surface area contributed by atoms with Gasteiger partial charge < -0.3 is 5.32 Å². The van der Waals surface area contributed by atoms with Crippen molar-refractivity contribution in [2.24, 2.45) is 0 Å². The molecular formula is C28H29N5OS. The first-order chi connectivity index (χ1) is 17.1. The van der Waals surface area contributed by atoms with Gasteiger partial charge in [0.05, 0.1) is 16.1 Å². The Balaban J connectivity index is 1.52. The zero-order valence-electron chi connectivity index (χ0n) is 20.1. The lowest BCUT2D eigenvalue weighted by atomic mass is 9.95. The van der Waals surface area contributed by atoms with Crippen molar-refractivity contribution in [2.45, 2.75) is 45.1 Å². The minimum absolute atomic E-state index is 0.136. The molecule has 6 nitrogen and oxygen atoms in total. The molecule has 178 valence electrons. The molecule has 0 unspecified atom stereocenters. The Hall–Kier alpha value is -3.58. The number of aromatic nitrogens is 3. The standard InChI is InChI=1S/C28H29N5OS/c1-19-8-6-9-20(16-19)25-26(21-13-15-30-24(17-21)31-23-11-4-3-5-12-23)35-28(32-25)33(2)27(34)22-10-7-14-29-18-22/h6-10,13-18,23H,3-5,11-12H2,1-2H3,(H,30,31). The molecule has 35 heavy (non-hydrogen) atoms. The first-order valence-electron chi connectivity index (χ1n) is 12.1. The van der Waals surface area contributed by atoms with E-state index >= 15 is 0 Å². The molecule has 0 spiro atoms. The molecule has 1 aromatic carbocycles. The van der Waals surface area contributed by atoms with Gasteiger partial charge >= 0.3 is 0 Å². The van der Waals surface area contributed by atoms with E-state index in [9.17, 15) is 4.79 Å². The number of benzene rings is 1. The number of anilines is 2. The van der Waals surface area contributed by atoms with E-state index < -0.39 is 0 Å². The summed E-state index contributed by atoms with van der Waals surface area (Å²) >= 11 is 1.52. The Morgan fingerprint density at radius 3 is 2.66 bits per heavy atom. The largest absolute Gasteiger partial charge is 0.367 e. The molecule has 0 aliphatic heterocycles. The van der Waals surface area contributed by atoms with Gasteiger partial charge in [-0.1, -0.05) is 54.4 Å². The zero-order chi connectivity index (χ0) is 24.2. The van der Waals surface area contributed by atoms with Gasteiger partial charge in [0.2, 0.25) is 0 Å². The average molecular weight is 484 g/mol. The van der Waals surface area contributed by atoms with Crippen LogP contribution in [0.5, 0.6) is 0 Å². The van der Waals surface area contributed by atoms with E-state index in [1.165, 1.54) is 43.4 Å². The van der Waals surface area contributed by atoms with Crippen LogP contribution in [0, 0.1) is 6.92 Å². The van der Waals surface area contributed by atoms with E-state index in [1.54, 1.807) is 36.5 Å². The molecule has 0 radical (unpaired) electrons. The van der Waals surface area contributed by atoms with Gasteiger partial charge in [-0.3, -0.25) is 14.7 Å². The Morgan fingerprint density at radius 1 is 1.03 bits per heavy atom. The predicted octanol–water partition coefficient (Wildman–Crippen LogP) is 6.60. The fourth-order valence-electron chi connectivity index (χ4n) is 4.51. The molecule has 1 aliphatic carbocycles. The van der Waals surface area contributed by atoms with Crippen LogP contribution >= 0.6 is 11.3 Å². The smallest absolute Gasteiger partial charge is 0.261 e. The lowest BCUT2D eigenvalue weighted by Gasteiger charge is -2.23. The van der Waals surface area contributed by atoms with Gasteiger partial charge in [0.25, 0.3) is 5.91 Å². The van der Waals surface area contributed by atoms with Gasteiger partial charge in [-0.05, 0) is 55.7 Å². The molecule has 4 aromatic rings. The van der Waals surface area contributed by atoms with Gasteiger partial charge in [-0.2, -0.15) is 0 Å². The highest BCUT2D eigenvalue weighted by Gasteiger charge is 2.22. The van der Waals surface area contributed by atoms with Gasteiger partial charge in [-0.25, -0.2) is 9.97 Å². The van der Waals surface area contributed by atoms with E-state index in [-0.39, 0.29) is 5.91 Å². The van der Waals surface area contributed by atoms with Gasteiger partial charge in [0.1, 0.15) is 5.82 Å². The highest BCUT2D eigenvalue weighted by molar-refractivity contribution is 7.19. The summed E-state index contributed by atoms with van der Waals surface area (Å²) < 4.78 is 0. The van der Waals surface area contributed by atoms with E-state index in [0.717, 1.165) is 33.1 Å². The predicted molar refractivity (Wildman–Crippen MR) is 143 cm³/mol. The molecule has 3 aromatic heterocycles. The maximum absolute atomic E-state index is 13.1. The maximum Gasteiger partial charge on any atom is 0.261 e. The summed E-state index contributed by atoms with van der Waals surface area (Å²) in [5.41, 5.74) is 4.64. The van der Waals surface area contributed by atoms with Crippen LogP contribution in [0.4, 0.5) is 10.9 Å². The van der Waals surface area contributed by atoms with Crippen molar-refractivity contribution in [1.82, 2.24) is 15.0 Å². The monoisotopic (exact) mass is 483 g/mol. The molecule has 1 fully saturated rings. The molecule has 5 rings (SSSR count). The number of rotatable bonds is 6. The fourth-order valence-corrected chi connectivity index (χ4v) is 5.56. The van der Waals surface area contributed by atoms with Crippen LogP contribution in [0.1, 0.15) is 48.0 Å². The highest BCUT2D eigenvalue weighted by Crippen LogP contribution is 2.41. The van der Waals surface area contributed by atoms with Crippen molar-refractivity contribution in [2.75, 3.05) is 17.3 Å². The van der Waals surface area contributed by atoms with E-state index in [2.05, 4.69) is 46.5 Å². The van der Waals surface area contributed by atoms with Crippen LogP contribution in [-0.2, 0) is 0 Å². The van der Waals surface area contributed by atoms with Crippen molar-refractivity contribution in [3.8, 4) is 21.7 Å². The fraction of sp³-hybridized carbons (Fsp3) is 0.286. The number of nitrogens with zero attached hydrogens (tertiary/aromatic N) is 4. The Labute approximate surface area is 210 Å². The van der Waals surface area contributed by atoms with Gasteiger partial charge in [-0.15, -0.1) is 0 Å². The van der Waals surface area contributed by atoms with Crippen molar-refractivity contribution in [1.29, 1.82) is 0 Å². The molecular weight excluding hydrogens is 454 g/mol. The molecule has 1 amide bonds. The second-order valence-electron chi connectivity index (χ2n) is 9.06. The second-order valence-corrected chi connectivity index (χ2v) is 10.0. The Morgan fingerprint density at radius 2 is 1.89 bits per heavy atom. The number of thiazole rings is 1. The lowest BCUT2D eigenvalue weighted by molar-refractivity contribution is 0.0992. The Bertz CT molecular complexity index is 1310. The Kier molecular flexibility index (Phi) is 6.86. The average Bonchev–Trinajstić information content (AvgIpc) is 3.35. The third-order valence-corrected chi connectivity index (χ3v) is 7.57. The maximum atomic E-state index is 13.1. The van der Waals surface area contributed by atoms with Gasteiger partial charge in [0.15, 0.2) is 5.13 Å². The SMILES string of the molecule is Cc1cccc(-c2nc(N(C)C(=O)c3cccnc3)sc2-c2ccnc(NC3CCCCC3)c2)c1. The molecule has 1 aliphatic rings. The van der Waals surface area contributed by atoms with Crippen molar-refractivity contribution in [3.05, 3.63) is 78.2 Å². The number of carbonyl (C=O) groups is 1. The minimum Gasteiger partial charge on any atom is -0.367 e. The first-order valence-corrected chi connectivity index (χ1v) is 12.9. The van der Waals surface area contributed by atoms with Crippen LogP contribution in [0.25, 0.3) is 21.7 Å². The summed E-state index contributed by atoms with van der Waals surface area (Å²) in [6.07, 6.45) is 11.3. The summed E-state index contributed by atoms with van der Waals surface area (Å²) in [7, 11) is 1.76. The molecule has 1 saturated carbocycles. The number of amides is 1. The summed E-state index contributed by atoms with van der Waals surface area (Å²) in [6.45, 7) is 2.08. The zero-order valence-corrected chi connectivity index (χ0v) is 20.9. The van der Waals surface area contributed by atoms with Gasteiger partial charge in [0, 0.05) is 37.2 Å². The van der Waals surface area contributed by atoms with Crippen molar-refractivity contribution < 1.29 is 4.79 Å². The van der Waals surface area contributed by atoms with Crippen molar-refractivity contribution >= 4 is 28.2 Å². The molecule has 7 heteroatoms. The molecule has 0 bridgehead atoms. The molecule has 3 heterocycles. The van der Waals surface area contributed by atoms with Crippen LogP contribution in [0.2, 0.25) is 0 Å². The number of pyridine rings is 2. The molecule has 1 N–H and O–H groups in total. The minimum atomic E-state index is -0.136. The molecule has 0 atom stereocenters. The normalized spacial score (nSPS) is 14.0. The molecule has 0 saturated heterocycles. The summed E-state index contributed by atoms with van der Waals surface area (Å²) in [6, 6.07) is 16.5. The quantitative estimate of drug-likeness (QED) is 0.335. The second kappa shape index (κ2) is 10.4. The third-order valence-electron chi connectivity index (χ3n) is 6.39. The summed E-state index contributed by atoms with van der Waals surface area (Å²) in [5, 5.41) is 4.27. The van der Waals surface area contributed by atoms with Crippen LogP contribution in [0.15, 0.2) is 67.1 Å². The highest BCUT2D eigenvalue weighted by atomic mass is 32.1. The van der Waals surface area contributed by atoms with Crippen LogP contribution in [0.3, 0.4) is 0 Å². The van der Waals surface area contributed by atoms with E-state index in [0.29, 0.717) is 16.7 Å². The van der Waals surface area contributed by atoms with E-state index in [1.807, 2.05) is 18.3 Å². The van der Waals surface area contributed by atoms with Crippen molar-refractivity contribution in [3.63, 3.8) is 0 Å². The van der Waals surface area contributed by atoms with E-state index in [4.69, 9.17) is 4.98 Å². The van der Waals surface area contributed by atoms with Crippen LogP contribution in [-0.4, -0.2) is 33.9 Å². The summed E-state index contributed by atoms with van der Waals surface area (Å²) in [4.78, 5) is 29.4. The topological polar surface area (TPSA) is 71.0 Å². The number of hydrogen-bond donors (Lipinski definition) is 1.